The fraction of sp³-hybridized carbons (Fsp3) is 0.409. The molecule has 0 aliphatic heterocycles. The Hall–Kier alpha value is -2.64. The highest BCUT2D eigenvalue weighted by molar-refractivity contribution is 5.94. The number of halogens is 1. The third-order valence-electron chi connectivity index (χ3n) is 4.75. The first-order valence-electron chi connectivity index (χ1n) is 9.86. The van der Waals surface area contributed by atoms with E-state index in [0.717, 1.165) is 32.0 Å². The molecule has 29 heavy (non-hydrogen) atoms. The highest BCUT2D eigenvalue weighted by atomic mass is 19.1. The zero-order valence-corrected chi connectivity index (χ0v) is 16.4. The Kier molecular flexibility index (Phi) is 9.40. The average Bonchev–Trinajstić information content (AvgIpc) is 2.75. The van der Waals surface area contributed by atoms with Crippen LogP contribution in [0.1, 0.15) is 42.5 Å². The lowest BCUT2D eigenvalue weighted by molar-refractivity contribution is -0.112. The Balaban J connectivity index is 0.000000537. The molecule has 3 rings (SSSR count). The monoisotopic (exact) mass is 401 g/mol. The van der Waals surface area contributed by atoms with Crippen molar-refractivity contribution in [1.82, 2.24) is 10.3 Å². The van der Waals surface area contributed by atoms with Gasteiger partial charge in [0.25, 0.3) is 5.91 Å². The molecule has 1 aromatic heterocycles. The third kappa shape index (κ3) is 7.36. The topological polar surface area (TPSA) is 105 Å². The molecular formula is C22H28FN3O3. The number of hydrogen-bond donors (Lipinski definition) is 3. The fourth-order valence-corrected chi connectivity index (χ4v) is 3.19. The molecule has 1 aliphatic rings. The van der Waals surface area contributed by atoms with Crippen LogP contribution in [0.2, 0.25) is 0 Å². The van der Waals surface area contributed by atoms with E-state index in [4.69, 9.17) is 10.8 Å². The van der Waals surface area contributed by atoms with Gasteiger partial charge in [-0.25, -0.2) is 4.39 Å². The van der Waals surface area contributed by atoms with Gasteiger partial charge in [-0.1, -0.05) is 18.6 Å². The van der Waals surface area contributed by atoms with E-state index in [-0.39, 0.29) is 30.3 Å². The van der Waals surface area contributed by atoms with Crippen LogP contribution in [-0.4, -0.2) is 41.5 Å². The largest absolute Gasteiger partial charge is 0.396 e. The number of hydrogen-bond acceptors (Lipinski definition) is 5. The van der Waals surface area contributed by atoms with Crippen LogP contribution in [0.25, 0.3) is 11.3 Å². The van der Waals surface area contributed by atoms with Gasteiger partial charge in [0.05, 0.1) is 11.3 Å². The van der Waals surface area contributed by atoms with Gasteiger partial charge in [0.15, 0.2) is 0 Å². The zero-order valence-electron chi connectivity index (χ0n) is 16.4. The Labute approximate surface area is 170 Å². The Bertz CT molecular complexity index is 781. The number of aromatic nitrogens is 1. The highest BCUT2D eigenvalue weighted by Gasteiger charge is 2.23. The van der Waals surface area contributed by atoms with Crippen molar-refractivity contribution in [3.05, 3.63) is 54.0 Å². The Morgan fingerprint density at radius 3 is 2.72 bits per heavy atom. The second-order valence-corrected chi connectivity index (χ2v) is 7.04. The molecule has 1 heterocycles. The molecule has 1 amide bonds. The minimum absolute atomic E-state index is 0.0318. The summed E-state index contributed by atoms with van der Waals surface area (Å²) in [4.78, 5) is 27.5. The van der Waals surface area contributed by atoms with Crippen molar-refractivity contribution in [3.63, 3.8) is 0 Å². The second-order valence-electron chi connectivity index (χ2n) is 7.04. The summed E-state index contributed by atoms with van der Waals surface area (Å²) in [6, 6.07) is 9.60. The Morgan fingerprint density at radius 1 is 1.31 bits per heavy atom. The van der Waals surface area contributed by atoms with Gasteiger partial charge in [0.2, 0.25) is 0 Å². The van der Waals surface area contributed by atoms with Crippen LogP contribution in [0.3, 0.4) is 0 Å². The number of benzene rings is 1. The molecule has 0 bridgehead atoms. The summed E-state index contributed by atoms with van der Waals surface area (Å²) in [6.07, 6.45) is 6.64. The summed E-state index contributed by atoms with van der Waals surface area (Å²) in [5.41, 5.74) is 6.73. The number of nitrogens with two attached hydrogens (primary N) is 1. The number of nitrogens with zero attached hydrogens (tertiary/aromatic N) is 1. The standard InChI is InChI=1S/C19H19FN2O2.C3H9NO/c20-16-5-2-4-14(10-16)18-8-7-15(11-21-18)19(24)22-17-6-1-3-13(9-17)12-23;4-2-1-3-5/h2,4-5,7-8,10-13,17H,1,3,6,9H2,(H,22,24);5H,1-4H2/t13-,17?;/m1./s1. The van der Waals surface area contributed by atoms with Crippen molar-refractivity contribution in [2.24, 2.45) is 11.7 Å². The van der Waals surface area contributed by atoms with Crippen LogP contribution in [-0.2, 0) is 4.79 Å². The number of aldehydes is 1. The predicted octanol–water partition coefficient (Wildman–Crippen LogP) is 2.70. The number of aliphatic hydroxyl groups excluding tert-OH is 1. The maximum Gasteiger partial charge on any atom is 0.253 e. The predicted molar refractivity (Wildman–Crippen MR) is 110 cm³/mol. The number of rotatable bonds is 6. The minimum Gasteiger partial charge on any atom is -0.396 e. The summed E-state index contributed by atoms with van der Waals surface area (Å²) in [7, 11) is 0. The zero-order chi connectivity index (χ0) is 21.1. The summed E-state index contributed by atoms with van der Waals surface area (Å²) < 4.78 is 13.3. The lowest BCUT2D eigenvalue weighted by Crippen LogP contribution is -2.38. The van der Waals surface area contributed by atoms with Gasteiger partial charge < -0.3 is 21.0 Å². The van der Waals surface area contributed by atoms with Gasteiger partial charge in [-0.3, -0.25) is 9.78 Å². The van der Waals surface area contributed by atoms with Crippen LogP contribution in [0.4, 0.5) is 4.39 Å². The molecule has 4 N–H and O–H groups in total. The van der Waals surface area contributed by atoms with Crippen LogP contribution >= 0.6 is 0 Å². The molecule has 6 nitrogen and oxygen atoms in total. The molecular weight excluding hydrogens is 373 g/mol. The number of amides is 1. The van der Waals surface area contributed by atoms with Gasteiger partial charge in [-0.15, -0.1) is 0 Å². The summed E-state index contributed by atoms with van der Waals surface area (Å²) in [5.74, 6) is -0.472. The van der Waals surface area contributed by atoms with E-state index >= 15 is 0 Å². The molecule has 0 radical (unpaired) electrons. The smallest absolute Gasteiger partial charge is 0.253 e. The lowest BCUT2D eigenvalue weighted by atomic mass is 9.86. The molecule has 7 heteroatoms. The molecule has 1 aromatic carbocycles. The number of pyridine rings is 1. The summed E-state index contributed by atoms with van der Waals surface area (Å²) >= 11 is 0. The minimum atomic E-state index is -0.321. The molecule has 1 unspecified atom stereocenters. The number of carbonyl (C=O) groups excluding carboxylic acids is 2. The Morgan fingerprint density at radius 2 is 2.14 bits per heavy atom. The van der Waals surface area contributed by atoms with E-state index in [0.29, 0.717) is 29.8 Å². The molecule has 2 atom stereocenters. The highest BCUT2D eigenvalue weighted by Crippen LogP contribution is 2.23. The summed E-state index contributed by atoms with van der Waals surface area (Å²) in [6.45, 7) is 0.812. The normalized spacial score (nSPS) is 18.3. The molecule has 0 spiro atoms. The van der Waals surface area contributed by atoms with Gasteiger partial charge >= 0.3 is 0 Å². The molecule has 1 saturated carbocycles. The van der Waals surface area contributed by atoms with E-state index in [1.54, 1.807) is 24.3 Å². The van der Waals surface area contributed by atoms with Crippen molar-refractivity contribution >= 4 is 12.2 Å². The van der Waals surface area contributed by atoms with Crippen molar-refractivity contribution in [2.75, 3.05) is 13.2 Å². The number of carbonyl (C=O) groups is 2. The molecule has 0 saturated heterocycles. The quantitative estimate of drug-likeness (QED) is 0.646. The van der Waals surface area contributed by atoms with Crippen molar-refractivity contribution in [3.8, 4) is 11.3 Å². The van der Waals surface area contributed by atoms with Crippen molar-refractivity contribution in [1.29, 1.82) is 0 Å². The molecule has 1 aliphatic carbocycles. The second kappa shape index (κ2) is 12.0. The molecule has 2 aromatic rings. The van der Waals surface area contributed by atoms with Gasteiger partial charge in [-0.2, -0.15) is 0 Å². The fourth-order valence-electron chi connectivity index (χ4n) is 3.19. The van der Waals surface area contributed by atoms with Crippen LogP contribution in [0, 0.1) is 11.7 Å². The van der Waals surface area contributed by atoms with Crippen molar-refractivity contribution in [2.45, 2.75) is 38.1 Å². The maximum absolute atomic E-state index is 13.3. The van der Waals surface area contributed by atoms with Gasteiger partial charge in [0.1, 0.15) is 12.1 Å². The van der Waals surface area contributed by atoms with Crippen LogP contribution in [0.15, 0.2) is 42.6 Å². The lowest BCUT2D eigenvalue weighted by Gasteiger charge is -2.26. The van der Waals surface area contributed by atoms with Crippen molar-refractivity contribution < 1.29 is 19.1 Å². The third-order valence-corrected chi connectivity index (χ3v) is 4.75. The van der Waals surface area contributed by atoms with Crippen LogP contribution in [0.5, 0.6) is 0 Å². The van der Waals surface area contributed by atoms with Gasteiger partial charge in [-0.05, 0) is 56.5 Å². The van der Waals surface area contributed by atoms with E-state index in [1.807, 2.05) is 0 Å². The number of aliphatic hydroxyl groups is 1. The molecule has 156 valence electrons. The first-order valence-corrected chi connectivity index (χ1v) is 9.86. The number of nitrogens with one attached hydrogen (secondary N) is 1. The van der Waals surface area contributed by atoms with Crippen LogP contribution < -0.4 is 11.1 Å². The summed E-state index contributed by atoms with van der Waals surface area (Å²) in [5, 5.41) is 11.0. The maximum atomic E-state index is 13.3. The van der Waals surface area contributed by atoms with Gasteiger partial charge in [0, 0.05) is 30.3 Å². The first-order chi connectivity index (χ1) is 14.1. The first kappa shape index (κ1) is 22.6. The van der Waals surface area contributed by atoms with E-state index in [2.05, 4.69) is 10.3 Å². The van der Waals surface area contributed by atoms with E-state index in [9.17, 15) is 14.0 Å². The van der Waals surface area contributed by atoms with E-state index in [1.165, 1.54) is 18.3 Å². The molecule has 1 fully saturated rings. The SMILES string of the molecule is NCCCO.O=C[C@@H]1CCCC(NC(=O)c2ccc(-c3cccc(F)c3)nc2)C1. The average molecular weight is 401 g/mol. The van der Waals surface area contributed by atoms with E-state index < -0.39 is 0 Å².